The van der Waals surface area contributed by atoms with Crippen molar-refractivity contribution in [3.63, 3.8) is 0 Å². The molecule has 0 bridgehead atoms. The van der Waals surface area contributed by atoms with Gasteiger partial charge in [-0.05, 0) is 0 Å². The van der Waals surface area contributed by atoms with Gasteiger partial charge >= 0.3 is 21.7 Å². The van der Waals surface area contributed by atoms with Crippen LogP contribution in [0.1, 0.15) is 39.5 Å². The molecule has 0 saturated heterocycles. The number of allylic oxidation sites excluding steroid dienone is 4. The fourth-order valence-corrected chi connectivity index (χ4v) is 6.66. The minimum absolute atomic E-state index is 0. The predicted molar refractivity (Wildman–Crippen MR) is 103 cm³/mol. The minimum Gasteiger partial charge on any atom is -1.00 e. The van der Waals surface area contributed by atoms with Crippen molar-refractivity contribution in [3.05, 3.63) is 83.1 Å². The average Bonchev–Trinajstić information content (AvgIpc) is 2.95. The van der Waals surface area contributed by atoms with Crippen LogP contribution in [0, 0.1) is 6.08 Å². The van der Waals surface area contributed by atoms with E-state index in [2.05, 4.69) is 80.6 Å². The molecule has 0 fully saturated rings. The van der Waals surface area contributed by atoms with Crippen LogP contribution in [0.25, 0.3) is 0 Å². The van der Waals surface area contributed by atoms with Gasteiger partial charge in [0.05, 0.1) is 0 Å². The number of unbranched alkanes of at least 4 members (excludes halogenated alkanes) is 1. The smallest absolute Gasteiger partial charge is 1.00 e. The van der Waals surface area contributed by atoms with E-state index in [-0.39, 0.29) is 58.9 Å². The quantitative estimate of drug-likeness (QED) is 0.293. The molecule has 1 aliphatic rings. The maximum absolute atomic E-state index is 3.83. The number of hydrogen-bond donors (Lipinski definition) is 0. The summed E-state index contributed by atoms with van der Waals surface area (Å²) in [6.45, 7) is 4.56. The first kappa shape index (κ1) is 28.9. The molecule has 0 amide bonds. The van der Waals surface area contributed by atoms with Gasteiger partial charge in [0.25, 0.3) is 0 Å². The summed E-state index contributed by atoms with van der Waals surface area (Å²) in [6.07, 6.45) is 8.68. The number of rotatable bonds is 6. The van der Waals surface area contributed by atoms with Crippen LogP contribution in [-0.2, 0) is 21.7 Å². The molecular formula is C22H25Cl3SiTi. The Morgan fingerprint density at radius 1 is 0.852 bits per heavy atom. The molecule has 0 nitrogen and oxygen atoms in total. The molecule has 0 radical (unpaired) electrons. The van der Waals surface area contributed by atoms with E-state index in [1.54, 1.807) is 5.20 Å². The van der Waals surface area contributed by atoms with E-state index in [9.17, 15) is 0 Å². The summed E-state index contributed by atoms with van der Waals surface area (Å²) < 4.78 is 0. The average molecular weight is 472 g/mol. The maximum atomic E-state index is 3.83. The third kappa shape index (κ3) is 7.57. The van der Waals surface area contributed by atoms with Gasteiger partial charge in [-0.1, -0.05) is 104 Å². The zero-order valence-electron chi connectivity index (χ0n) is 15.8. The van der Waals surface area contributed by atoms with Crippen molar-refractivity contribution in [2.75, 3.05) is 0 Å². The van der Waals surface area contributed by atoms with Gasteiger partial charge in [0.15, 0.2) is 0 Å². The van der Waals surface area contributed by atoms with Gasteiger partial charge in [-0.2, -0.15) is 5.20 Å². The molecule has 0 aromatic heterocycles. The Kier molecular flexibility index (Phi) is 15.7. The van der Waals surface area contributed by atoms with Crippen LogP contribution in [0.15, 0.2) is 77.0 Å². The normalized spacial score (nSPS) is 12.3. The molecule has 2 aromatic carbocycles. The Hall–Kier alpha value is -0.279. The Labute approximate surface area is 199 Å². The molecule has 0 atom stereocenters. The third-order valence-corrected chi connectivity index (χ3v) is 7.83. The summed E-state index contributed by atoms with van der Waals surface area (Å²) in [5.41, 5.74) is 3.02. The molecule has 2 aromatic rings. The second-order valence-corrected chi connectivity index (χ2v) is 9.34. The summed E-state index contributed by atoms with van der Waals surface area (Å²) in [7, 11) is -1.35. The van der Waals surface area contributed by atoms with Crippen molar-refractivity contribution in [3.8, 4) is 0 Å². The van der Waals surface area contributed by atoms with E-state index in [1.165, 1.54) is 40.8 Å². The molecule has 142 valence electrons. The zero-order chi connectivity index (χ0) is 16.1. The molecular weight excluding hydrogens is 447 g/mol. The van der Waals surface area contributed by atoms with Crippen molar-refractivity contribution in [1.82, 2.24) is 0 Å². The standard InChI is InChI=1S/C22H25Si.3ClH.Ti/c1-3-4-11-19-17-22(16-18(19)2)23(20-12-7-5-8-13-20)21-14-9-6-10-15-21;;;;/h5-10,12-15,23H,3-4,11,16H2,1-2H3;3*1H;/q-1;;;;+4/p-3. The van der Waals surface area contributed by atoms with E-state index in [0.717, 1.165) is 6.42 Å². The van der Waals surface area contributed by atoms with E-state index < -0.39 is 8.80 Å². The van der Waals surface area contributed by atoms with Crippen LogP contribution < -0.4 is 47.6 Å². The molecule has 3 rings (SSSR count). The first-order chi connectivity index (χ1) is 11.3. The molecule has 0 N–H and O–H groups in total. The first-order valence-corrected chi connectivity index (χ1v) is 10.4. The van der Waals surface area contributed by atoms with E-state index in [4.69, 9.17) is 0 Å². The van der Waals surface area contributed by atoms with Crippen LogP contribution in [0.3, 0.4) is 0 Å². The summed E-state index contributed by atoms with van der Waals surface area (Å²) in [5, 5.41) is 4.57. The number of benzene rings is 2. The van der Waals surface area contributed by atoms with E-state index in [0.29, 0.717) is 0 Å². The van der Waals surface area contributed by atoms with Gasteiger partial charge in [0.1, 0.15) is 8.80 Å². The van der Waals surface area contributed by atoms with Gasteiger partial charge in [0.2, 0.25) is 0 Å². The van der Waals surface area contributed by atoms with E-state index >= 15 is 0 Å². The fraction of sp³-hybridized carbons (Fsp3) is 0.273. The summed E-state index contributed by atoms with van der Waals surface area (Å²) in [5.74, 6) is 0. The van der Waals surface area contributed by atoms with Crippen molar-refractivity contribution in [2.24, 2.45) is 0 Å². The SMILES string of the molecule is CCCCC1=C(C)CC([SiH](c2ccccc2)c2ccccc2)=[C-]1.[Cl-].[Cl-].[Cl-].[Ti+4]. The fourth-order valence-electron chi connectivity index (χ4n) is 3.43. The van der Waals surface area contributed by atoms with Crippen molar-refractivity contribution >= 4 is 19.2 Å². The van der Waals surface area contributed by atoms with Gasteiger partial charge in [-0.25, -0.2) is 11.1 Å². The summed E-state index contributed by atoms with van der Waals surface area (Å²) in [4.78, 5) is 0. The maximum Gasteiger partial charge on any atom is 4.00 e. The molecule has 0 heterocycles. The molecule has 27 heavy (non-hydrogen) atoms. The summed E-state index contributed by atoms with van der Waals surface area (Å²) >= 11 is 0. The Balaban J connectivity index is 0. The van der Waals surface area contributed by atoms with Gasteiger partial charge in [0, 0.05) is 0 Å². The Morgan fingerprint density at radius 3 is 1.78 bits per heavy atom. The zero-order valence-corrected chi connectivity index (χ0v) is 20.8. The Bertz CT molecular complexity index is 675. The summed E-state index contributed by atoms with van der Waals surface area (Å²) in [6, 6.07) is 22.1. The minimum atomic E-state index is -1.35. The van der Waals surface area contributed by atoms with Crippen LogP contribution in [0.2, 0.25) is 0 Å². The van der Waals surface area contributed by atoms with Crippen molar-refractivity contribution in [1.29, 1.82) is 0 Å². The molecule has 0 aliphatic heterocycles. The molecule has 5 heteroatoms. The largest absolute Gasteiger partial charge is 4.00 e. The second-order valence-electron chi connectivity index (χ2n) is 6.44. The topological polar surface area (TPSA) is 0 Å². The predicted octanol–water partition coefficient (Wildman–Crippen LogP) is -4.78. The number of hydrogen-bond acceptors (Lipinski definition) is 0. The second kappa shape index (κ2) is 14.7. The van der Waals surface area contributed by atoms with E-state index in [1.807, 2.05) is 0 Å². The van der Waals surface area contributed by atoms with Gasteiger partial charge in [-0.3, -0.25) is 6.08 Å². The van der Waals surface area contributed by atoms with Gasteiger partial charge in [-0.15, -0.1) is 6.92 Å². The Morgan fingerprint density at radius 2 is 1.33 bits per heavy atom. The third-order valence-electron chi connectivity index (χ3n) is 4.68. The van der Waals surface area contributed by atoms with Gasteiger partial charge < -0.3 is 37.2 Å². The number of halogens is 3. The monoisotopic (exact) mass is 470 g/mol. The van der Waals surface area contributed by atoms with Crippen LogP contribution in [-0.4, -0.2) is 8.80 Å². The van der Waals surface area contributed by atoms with Crippen molar-refractivity contribution < 1.29 is 58.9 Å². The first-order valence-electron chi connectivity index (χ1n) is 8.71. The van der Waals surface area contributed by atoms with Crippen LogP contribution >= 0.6 is 0 Å². The van der Waals surface area contributed by atoms with Crippen LogP contribution in [0.5, 0.6) is 0 Å². The van der Waals surface area contributed by atoms with Crippen molar-refractivity contribution in [2.45, 2.75) is 39.5 Å². The molecule has 0 unspecified atom stereocenters. The molecule has 0 saturated carbocycles. The van der Waals surface area contributed by atoms with Crippen LogP contribution in [0.4, 0.5) is 0 Å². The molecule has 1 aliphatic carbocycles. The molecule has 0 spiro atoms.